The van der Waals surface area contributed by atoms with Crippen molar-refractivity contribution in [2.45, 2.75) is 26.2 Å². The summed E-state index contributed by atoms with van der Waals surface area (Å²) in [5, 5.41) is 1.25. The number of benzene rings is 2. The number of aryl methyl sites for hydroxylation is 1. The van der Waals surface area contributed by atoms with Crippen molar-refractivity contribution in [2.75, 3.05) is 33.4 Å². The van der Waals surface area contributed by atoms with Gasteiger partial charge in [-0.1, -0.05) is 18.2 Å². The number of likely N-dealkylation sites (tertiary alicyclic amines) is 1. The van der Waals surface area contributed by atoms with Crippen LogP contribution in [0.15, 0.2) is 48.5 Å². The van der Waals surface area contributed by atoms with E-state index in [0.717, 1.165) is 36.8 Å². The van der Waals surface area contributed by atoms with Crippen molar-refractivity contribution < 1.29 is 9.47 Å². The summed E-state index contributed by atoms with van der Waals surface area (Å²) >= 11 is 0. The Bertz CT molecular complexity index is 910. The molecule has 0 radical (unpaired) electrons. The van der Waals surface area contributed by atoms with Gasteiger partial charge >= 0.3 is 0 Å². The molecule has 1 saturated heterocycles. The third-order valence-electron chi connectivity index (χ3n) is 5.38. The van der Waals surface area contributed by atoms with E-state index in [-0.39, 0.29) is 0 Å². The Morgan fingerprint density at radius 3 is 2.59 bits per heavy atom. The second kappa shape index (κ2) is 8.05. The van der Waals surface area contributed by atoms with Gasteiger partial charge in [-0.25, -0.2) is 0 Å². The summed E-state index contributed by atoms with van der Waals surface area (Å²) < 4.78 is 13.9. The molecule has 0 bridgehead atoms. The summed E-state index contributed by atoms with van der Waals surface area (Å²) in [7, 11) is 1.71. The standard InChI is InChI=1S/C23H28N2O2/c1-18-16-19-8-3-4-9-21(19)25(18)20-10-11-22(23(17-20)26-2)27-15-7-14-24-12-5-6-13-24/h3-4,8-11,16-17H,5-7,12-15H2,1-2H3. The average Bonchev–Trinajstić information content (AvgIpc) is 3.32. The van der Waals surface area contributed by atoms with Crippen LogP contribution in [0.25, 0.3) is 16.6 Å². The average molecular weight is 364 g/mol. The number of nitrogens with zero attached hydrogens (tertiary/aromatic N) is 2. The second-order valence-electron chi connectivity index (χ2n) is 7.27. The summed E-state index contributed by atoms with van der Waals surface area (Å²) in [6.45, 7) is 6.45. The number of fused-ring (bicyclic) bond motifs is 1. The maximum Gasteiger partial charge on any atom is 0.162 e. The van der Waals surface area contributed by atoms with E-state index >= 15 is 0 Å². The van der Waals surface area contributed by atoms with Gasteiger partial charge in [-0.3, -0.25) is 0 Å². The zero-order valence-corrected chi connectivity index (χ0v) is 16.3. The molecule has 0 N–H and O–H groups in total. The minimum Gasteiger partial charge on any atom is -0.493 e. The third-order valence-corrected chi connectivity index (χ3v) is 5.38. The van der Waals surface area contributed by atoms with E-state index in [4.69, 9.17) is 9.47 Å². The lowest BCUT2D eigenvalue weighted by molar-refractivity contribution is 0.254. The maximum atomic E-state index is 6.02. The van der Waals surface area contributed by atoms with Gasteiger partial charge in [0.15, 0.2) is 11.5 Å². The zero-order valence-electron chi connectivity index (χ0n) is 16.3. The molecule has 0 atom stereocenters. The number of aromatic nitrogens is 1. The lowest BCUT2D eigenvalue weighted by Crippen LogP contribution is -2.21. The van der Waals surface area contributed by atoms with Crippen LogP contribution in [-0.2, 0) is 0 Å². The number of methoxy groups -OCH3 is 1. The Kier molecular flexibility index (Phi) is 5.35. The highest BCUT2D eigenvalue weighted by atomic mass is 16.5. The summed E-state index contributed by atoms with van der Waals surface area (Å²) in [5.74, 6) is 1.60. The molecule has 1 fully saturated rings. The number of para-hydroxylation sites is 1. The third kappa shape index (κ3) is 3.81. The van der Waals surface area contributed by atoms with Crippen molar-refractivity contribution in [3.05, 3.63) is 54.2 Å². The zero-order chi connectivity index (χ0) is 18.6. The van der Waals surface area contributed by atoms with E-state index in [1.54, 1.807) is 7.11 Å². The topological polar surface area (TPSA) is 26.6 Å². The minimum atomic E-state index is 0.720. The molecule has 0 amide bonds. The van der Waals surface area contributed by atoms with Crippen molar-refractivity contribution >= 4 is 10.9 Å². The van der Waals surface area contributed by atoms with Crippen molar-refractivity contribution in [1.82, 2.24) is 9.47 Å². The van der Waals surface area contributed by atoms with E-state index in [1.807, 2.05) is 6.07 Å². The molecular weight excluding hydrogens is 336 g/mol. The molecule has 0 unspecified atom stereocenters. The molecule has 4 heteroatoms. The number of rotatable bonds is 7. The maximum absolute atomic E-state index is 6.02. The van der Waals surface area contributed by atoms with Crippen molar-refractivity contribution in [2.24, 2.45) is 0 Å². The molecule has 0 aliphatic carbocycles. The van der Waals surface area contributed by atoms with Crippen LogP contribution in [-0.4, -0.2) is 42.8 Å². The highest BCUT2D eigenvalue weighted by molar-refractivity contribution is 5.83. The van der Waals surface area contributed by atoms with Crippen LogP contribution in [0.4, 0.5) is 0 Å². The molecule has 1 aliphatic rings. The van der Waals surface area contributed by atoms with E-state index in [1.165, 1.54) is 42.5 Å². The quantitative estimate of drug-likeness (QED) is 0.563. The fourth-order valence-electron chi connectivity index (χ4n) is 4.03. The summed E-state index contributed by atoms with van der Waals surface area (Å²) in [4.78, 5) is 2.52. The Hall–Kier alpha value is -2.46. The summed E-state index contributed by atoms with van der Waals surface area (Å²) in [6.07, 6.45) is 3.72. The Morgan fingerprint density at radius 1 is 0.963 bits per heavy atom. The van der Waals surface area contributed by atoms with Crippen molar-refractivity contribution in [1.29, 1.82) is 0 Å². The van der Waals surface area contributed by atoms with Gasteiger partial charge in [0.25, 0.3) is 0 Å². The fraction of sp³-hybridized carbons (Fsp3) is 0.391. The molecule has 2 aromatic carbocycles. The van der Waals surface area contributed by atoms with Gasteiger partial charge < -0.3 is 18.9 Å². The van der Waals surface area contributed by atoms with Gasteiger partial charge in [0.05, 0.1) is 19.2 Å². The lowest BCUT2D eigenvalue weighted by atomic mass is 10.2. The van der Waals surface area contributed by atoms with E-state index in [9.17, 15) is 0 Å². The first-order valence-electron chi connectivity index (χ1n) is 9.87. The Labute approximate surface area is 161 Å². The van der Waals surface area contributed by atoms with Gasteiger partial charge in [0.2, 0.25) is 0 Å². The lowest BCUT2D eigenvalue weighted by Gasteiger charge is -2.16. The first-order chi connectivity index (χ1) is 13.3. The first kappa shape index (κ1) is 17.9. The van der Waals surface area contributed by atoms with Crippen LogP contribution in [0.5, 0.6) is 11.5 Å². The number of hydrogen-bond acceptors (Lipinski definition) is 3. The predicted octanol–water partition coefficient (Wildman–Crippen LogP) is 4.81. The van der Waals surface area contributed by atoms with Crippen LogP contribution >= 0.6 is 0 Å². The van der Waals surface area contributed by atoms with Gasteiger partial charge in [-0.2, -0.15) is 0 Å². The largest absolute Gasteiger partial charge is 0.493 e. The summed E-state index contributed by atoms with van der Waals surface area (Å²) in [5.41, 5.74) is 3.50. The Balaban J connectivity index is 1.50. The van der Waals surface area contributed by atoms with E-state index in [0.29, 0.717) is 0 Å². The molecule has 1 aliphatic heterocycles. The van der Waals surface area contributed by atoms with Crippen LogP contribution in [0, 0.1) is 6.92 Å². The van der Waals surface area contributed by atoms with Gasteiger partial charge in [0, 0.05) is 29.4 Å². The SMILES string of the molecule is COc1cc(-n2c(C)cc3ccccc32)ccc1OCCCN1CCCC1. The predicted molar refractivity (Wildman–Crippen MR) is 110 cm³/mol. The molecule has 0 spiro atoms. The van der Waals surface area contributed by atoms with Crippen LogP contribution in [0.2, 0.25) is 0 Å². The van der Waals surface area contributed by atoms with E-state index in [2.05, 4.69) is 58.9 Å². The molecule has 142 valence electrons. The molecular formula is C23H28N2O2. The second-order valence-corrected chi connectivity index (χ2v) is 7.27. The molecule has 1 aromatic heterocycles. The highest BCUT2D eigenvalue weighted by Crippen LogP contribution is 2.32. The minimum absolute atomic E-state index is 0.720. The van der Waals surface area contributed by atoms with Crippen molar-refractivity contribution in [3.63, 3.8) is 0 Å². The smallest absolute Gasteiger partial charge is 0.162 e. The first-order valence-corrected chi connectivity index (χ1v) is 9.87. The molecule has 4 rings (SSSR count). The molecule has 0 saturated carbocycles. The van der Waals surface area contributed by atoms with E-state index < -0.39 is 0 Å². The number of ether oxygens (including phenoxy) is 2. The van der Waals surface area contributed by atoms with Crippen molar-refractivity contribution in [3.8, 4) is 17.2 Å². The van der Waals surface area contributed by atoms with Gasteiger partial charge in [0.1, 0.15) is 0 Å². The van der Waals surface area contributed by atoms with Gasteiger partial charge in [-0.15, -0.1) is 0 Å². The van der Waals surface area contributed by atoms with Crippen LogP contribution in [0.1, 0.15) is 25.0 Å². The van der Waals surface area contributed by atoms with Gasteiger partial charge in [-0.05, 0) is 63.5 Å². The molecule has 27 heavy (non-hydrogen) atoms. The molecule has 2 heterocycles. The van der Waals surface area contributed by atoms with Crippen LogP contribution < -0.4 is 9.47 Å². The Morgan fingerprint density at radius 2 is 1.78 bits per heavy atom. The summed E-state index contributed by atoms with van der Waals surface area (Å²) in [6, 6.07) is 16.9. The normalized spacial score (nSPS) is 14.7. The van der Waals surface area contributed by atoms with Crippen LogP contribution in [0.3, 0.4) is 0 Å². The highest BCUT2D eigenvalue weighted by Gasteiger charge is 2.13. The molecule has 4 nitrogen and oxygen atoms in total. The molecule has 3 aromatic rings. The number of hydrogen-bond donors (Lipinski definition) is 0. The fourth-order valence-corrected chi connectivity index (χ4v) is 4.03. The monoisotopic (exact) mass is 364 g/mol.